The Kier molecular flexibility index (Phi) is 6.79. The molecule has 1 fully saturated rings. The maximum atomic E-state index is 12.3. The standard InChI is InChI=1S/C20H21Cl3N4OS/c1-13(2)7-8-16(28)25-18(20(21,22)23)27-12-4-11-26(19(27)29)15-6-3-5-14-9-10-24-17(14)15/h3,5-10,18,24H,1,4,11-12H2,2H3,(H,25,28)/b8-7+. The largest absolute Gasteiger partial charge is 0.359 e. The molecule has 1 aliphatic heterocycles. The first-order valence-electron chi connectivity index (χ1n) is 9.03. The number of H-pyrrole nitrogens is 1. The molecule has 1 saturated heterocycles. The quantitative estimate of drug-likeness (QED) is 0.282. The molecule has 0 radical (unpaired) electrons. The number of thiocarbonyl (C=S) groups is 1. The summed E-state index contributed by atoms with van der Waals surface area (Å²) in [7, 11) is 0. The summed E-state index contributed by atoms with van der Waals surface area (Å²) in [6.07, 6.45) is 4.70. The van der Waals surface area contributed by atoms with Crippen LogP contribution < -0.4 is 10.2 Å². The SMILES string of the molecule is C=C(C)/C=C/C(=O)NC(N1CCCN(c2cccc3cc[nH]c23)C1=S)C(Cl)(Cl)Cl. The first kappa shape index (κ1) is 22.0. The summed E-state index contributed by atoms with van der Waals surface area (Å²) < 4.78 is -1.78. The molecule has 1 aromatic heterocycles. The van der Waals surface area contributed by atoms with Gasteiger partial charge in [0, 0.05) is 30.7 Å². The number of carbonyl (C=O) groups excluding carboxylic acids is 1. The molecule has 1 aliphatic rings. The van der Waals surface area contributed by atoms with E-state index in [1.54, 1.807) is 17.9 Å². The number of benzene rings is 1. The average molecular weight is 472 g/mol. The van der Waals surface area contributed by atoms with Gasteiger partial charge in [0.1, 0.15) is 0 Å². The molecule has 0 bridgehead atoms. The molecule has 2 aromatic rings. The van der Waals surface area contributed by atoms with Crippen LogP contribution in [0.15, 0.2) is 54.8 Å². The maximum Gasteiger partial charge on any atom is 0.245 e. The van der Waals surface area contributed by atoms with E-state index >= 15 is 0 Å². The molecule has 29 heavy (non-hydrogen) atoms. The number of rotatable bonds is 5. The lowest BCUT2D eigenvalue weighted by Crippen LogP contribution is -2.62. The number of aromatic nitrogens is 1. The fourth-order valence-electron chi connectivity index (χ4n) is 3.24. The molecular weight excluding hydrogens is 451 g/mol. The highest BCUT2D eigenvalue weighted by Gasteiger charge is 2.42. The second kappa shape index (κ2) is 8.96. The lowest BCUT2D eigenvalue weighted by atomic mass is 10.2. The Bertz CT molecular complexity index is 966. The van der Waals surface area contributed by atoms with Crippen LogP contribution in [0.5, 0.6) is 0 Å². The second-order valence-corrected chi connectivity index (χ2v) is 9.57. The number of hydrogen-bond acceptors (Lipinski definition) is 2. The van der Waals surface area contributed by atoms with E-state index in [0.717, 1.165) is 35.1 Å². The van der Waals surface area contributed by atoms with Gasteiger partial charge in [-0.05, 0) is 37.7 Å². The number of nitrogens with one attached hydrogen (secondary N) is 2. The maximum absolute atomic E-state index is 12.3. The van der Waals surface area contributed by atoms with Crippen molar-refractivity contribution >= 4 is 74.6 Å². The number of alkyl halides is 3. The zero-order chi connectivity index (χ0) is 21.2. The molecule has 0 spiro atoms. The summed E-state index contributed by atoms with van der Waals surface area (Å²) in [5, 5.41) is 4.32. The van der Waals surface area contributed by atoms with Crippen LogP contribution >= 0.6 is 47.0 Å². The molecule has 2 heterocycles. The predicted molar refractivity (Wildman–Crippen MR) is 126 cm³/mol. The summed E-state index contributed by atoms with van der Waals surface area (Å²) in [6.45, 7) is 6.80. The third-order valence-corrected chi connectivity index (χ3v) is 5.61. The van der Waals surface area contributed by atoms with Crippen molar-refractivity contribution in [2.24, 2.45) is 0 Å². The minimum absolute atomic E-state index is 0.393. The Morgan fingerprint density at radius 3 is 2.76 bits per heavy atom. The molecule has 5 nitrogen and oxygen atoms in total. The van der Waals surface area contributed by atoms with Gasteiger partial charge in [0.05, 0.1) is 11.2 Å². The molecule has 1 amide bonds. The van der Waals surface area contributed by atoms with Gasteiger partial charge >= 0.3 is 0 Å². The van der Waals surface area contributed by atoms with Gasteiger partial charge < -0.3 is 20.1 Å². The van der Waals surface area contributed by atoms with Gasteiger partial charge in [-0.25, -0.2) is 0 Å². The lowest BCUT2D eigenvalue weighted by Gasteiger charge is -2.44. The number of halogens is 3. The highest BCUT2D eigenvalue weighted by molar-refractivity contribution is 7.80. The Balaban J connectivity index is 1.89. The second-order valence-electron chi connectivity index (χ2n) is 6.83. The number of para-hydroxylation sites is 1. The fraction of sp³-hybridized carbons (Fsp3) is 0.300. The number of carbonyl (C=O) groups is 1. The molecule has 1 aromatic carbocycles. The molecular formula is C20H21Cl3N4OS. The van der Waals surface area contributed by atoms with Crippen LogP contribution in [0, 0.1) is 0 Å². The van der Waals surface area contributed by atoms with Gasteiger partial charge in [-0.1, -0.05) is 65.2 Å². The number of aromatic amines is 1. The van der Waals surface area contributed by atoms with Crippen LogP contribution in [0.25, 0.3) is 10.9 Å². The van der Waals surface area contributed by atoms with Gasteiger partial charge in [-0.3, -0.25) is 4.79 Å². The van der Waals surface area contributed by atoms with E-state index in [1.807, 2.05) is 35.4 Å². The first-order chi connectivity index (χ1) is 13.7. The number of allylic oxidation sites excluding steroid dienone is 2. The van der Waals surface area contributed by atoms with Gasteiger partial charge in [0.2, 0.25) is 9.70 Å². The van der Waals surface area contributed by atoms with Crippen molar-refractivity contribution in [2.75, 3.05) is 18.0 Å². The van der Waals surface area contributed by atoms with Crippen molar-refractivity contribution in [2.45, 2.75) is 23.3 Å². The summed E-state index contributed by atoms with van der Waals surface area (Å²) in [5.74, 6) is -0.393. The van der Waals surface area contributed by atoms with Crippen LogP contribution in [-0.2, 0) is 4.79 Å². The van der Waals surface area contributed by atoms with Gasteiger partial charge in [-0.2, -0.15) is 0 Å². The van der Waals surface area contributed by atoms with Crippen molar-refractivity contribution in [1.82, 2.24) is 15.2 Å². The number of nitrogens with zero attached hydrogens (tertiary/aromatic N) is 2. The number of fused-ring (bicyclic) bond motifs is 1. The van der Waals surface area contributed by atoms with Crippen molar-refractivity contribution in [3.63, 3.8) is 0 Å². The molecule has 1 atom stereocenters. The highest BCUT2D eigenvalue weighted by Crippen LogP contribution is 2.35. The van der Waals surface area contributed by atoms with E-state index in [2.05, 4.69) is 16.9 Å². The van der Waals surface area contributed by atoms with Crippen molar-refractivity contribution < 1.29 is 4.79 Å². The molecule has 9 heteroatoms. The average Bonchev–Trinajstić information content (AvgIpc) is 3.13. The Morgan fingerprint density at radius 1 is 1.31 bits per heavy atom. The van der Waals surface area contributed by atoms with Gasteiger partial charge in [0.15, 0.2) is 11.3 Å². The third kappa shape index (κ3) is 5.07. The minimum atomic E-state index is -1.78. The van der Waals surface area contributed by atoms with Crippen LogP contribution in [0.2, 0.25) is 0 Å². The fourth-order valence-corrected chi connectivity index (χ4v) is 4.14. The summed E-state index contributed by atoms with van der Waals surface area (Å²) in [6, 6.07) is 8.00. The van der Waals surface area contributed by atoms with Crippen molar-refractivity contribution in [3.8, 4) is 0 Å². The Labute approximate surface area is 190 Å². The summed E-state index contributed by atoms with van der Waals surface area (Å²) in [4.78, 5) is 19.3. The Morgan fingerprint density at radius 2 is 2.07 bits per heavy atom. The van der Waals surface area contributed by atoms with Crippen LogP contribution in [0.3, 0.4) is 0 Å². The molecule has 3 rings (SSSR count). The zero-order valence-electron chi connectivity index (χ0n) is 15.8. The van der Waals surface area contributed by atoms with Crippen LogP contribution in [0.1, 0.15) is 13.3 Å². The molecule has 2 N–H and O–H groups in total. The molecule has 154 valence electrons. The van der Waals surface area contributed by atoms with E-state index in [0.29, 0.717) is 11.7 Å². The molecule has 0 aliphatic carbocycles. The van der Waals surface area contributed by atoms with E-state index in [-0.39, 0.29) is 0 Å². The van der Waals surface area contributed by atoms with E-state index in [1.165, 1.54) is 6.08 Å². The van der Waals surface area contributed by atoms with Crippen LogP contribution in [-0.4, -0.2) is 44.0 Å². The first-order valence-corrected chi connectivity index (χ1v) is 10.6. The smallest absolute Gasteiger partial charge is 0.245 e. The number of hydrogen-bond donors (Lipinski definition) is 2. The van der Waals surface area contributed by atoms with E-state index in [9.17, 15) is 4.79 Å². The summed E-state index contributed by atoms with van der Waals surface area (Å²) >= 11 is 24.4. The van der Waals surface area contributed by atoms with Crippen molar-refractivity contribution in [1.29, 1.82) is 0 Å². The topological polar surface area (TPSA) is 51.4 Å². The monoisotopic (exact) mass is 470 g/mol. The zero-order valence-corrected chi connectivity index (χ0v) is 18.9. The normalized spacial score (nSPS) is 16.5. The Hall–Kier alpha value is -1.73. The highest BCUT2D eigenvalue weighted by atomic mass is 35.6. The van der Waals surface area contributed by atoms with Crippen LogP contribution in [0.4, 0.5) is 5.69 Å². The number of amides is 1. The predicted octanol–water partition coefficient (Wildman–Crippen LogP) is 4.91. The molecule has 0 saturated carbocycles. The van der Waals surface area contributed by atoms with E-state index < -0.39 is 15.9 Å². The van der Waals surface area contributed by atoms with Crippen molar-refractivity contribution in [3.05, 3.63) is 54.8 Å². The van der Waals surface area contributed by atoms with E-state index in [4.69, 9.17) is 47.0 Å². The van der Waals surface area contributed by atoms with Gasteiger partial charge in [-0.15, -0.1) is 0 Å². The minimum Gasteiger partial charge on any atom is -0.359 e. The van der Waals surface area contributed by atoms with Gasteiger partial charge in [0.25, 0.3) is 0 Å². The lowest BCUT2D eigenvalue weighted by molar-refractivity contribution is -0.118. The molecule has 1 unspecified atom stereocenters. The third-order valence-electron chi connectivity index (χ3n) is 4.53. The summed E-state index contributed by atoms with van der Waals surface area (Å²) in [5.41, 5.74) is 2.67. The number of anilines is 1.